The van der Waals surface area contributed by atoms with Crippen LogP contribution in [0.25, 0.3) is 0 Å². The van der Waals surface area contributed by atoms with Gasteiger partial charge in [-0.1, -0.05) is 12.1 Å². The van der Waals surface area contributed by atoms with Gasteiger partial charge < -0.3 is 10.1 Å². The lowest BCUT2D eigenvalue weighted by molar-refractivity contribution is 0.102. The molecule has 198 valence electrons. The number of nitrogens with one attached hydrogen (secondary N) is 1. The van der Waals surface area contributed by atoms with Crippen LogP contribution in [0.2, 0.25) is 0 Å². The molecule has 0 bridgehead atoms. The Bertz CT molecular complexity index is 1520. The minimum Gasteiger partial charge on any atom is -0.486 e. The summed E-state index contributed by atoms with van der Waals surface area (Å²) in [6.45, 7) is 2.03. The maximum Gasteiger partial charge on any atom is 0.255 e. The normalized spacial score (nSPS) is 11.1. The van der Waals surface area contributed by atoms with Crippen molar-refractivity contribution in [3.05, 3.63) is 111 Å². The van der Waals surface area contributed by atoms with Crippen molar-refractivity contribution < 1.29 is 40.3 Å². The lowest BCUT2D eigenvalue weighted by Gasteiger charge is -2.11. The van der Waals surface area contributed by atoms with Crippen LogP contribution in [0.4, 0.5) is 36.4 Å². The zero-order chi connectivity index (χ0) is 27.7. The topological polar surface area (TPSA) is 56.2 Å². The van der Waals surface area contributed by atoms with Gasteiger partial charge in [0.05, 0.1) is 29.2 Å². The fourth-order valence-corrected chi connectivity index (χ4v) is 3.71. The molecule has 12 heteroatoms. The number of aryl methyl sites for hydroxylation is 1. The van der Waals surface area contributed by atoms with Crippen LogP contribution in [-0.2, 0) is 13.2 Å². The van der Waals surface area contributed by atoms with Gasteiger partial charge in [-0.3, -0.25) is 9.48 Å². The summed E-state index contributed by atoms with van der Waals surface area (Å²) in [5.74, 6) is -12.8. The Labute approximate surface area is 211 Å². The van der Waals surface area contributed by atoms with Crippen molar-refractivity contribution in [3.8, 4) is 5.75 Å². The van der Waals surface area contributed by atoms with Gasteiger partial charge in [0.15, 0.2) is 34.8 Å². The second-order valence-corrected chi connectivity index (χ2v) is 8.27. The Morgan fingerprint density at radius 3 is 2.21 bits per heavy atom. The maximum atomic E-state index is 14.1. The van der Waals surface area contributed by atoms with E-state index in [0.29, 0.717) is 11.6 Å². The molecule has 4 rings (SSSR count). The first-order valence-electron chi connectivity index (χ1n) is 11.0. The highest BCUT2D eigenvalue weighted by Gasteiger charge is 2.27. The first-order chi connectivity index (χ1) is 18.0. The predicted molar refractivity (Wildman–Crippen MR) is 122 cm³/mol. The fourth-order valence-electron chi connectivity index (χ4n) is 3.71. The Morgan fingerprint density at radius 2 is 1.55 bits per heavy atom. The van der Waals surface area contributed by atoms with Crippen LogP contribution in [0.3, 0.4) is 0 Å². The first-order valence-corrected chi connectivity index (χ1v) is 11.0. The number of rotatable bonds is 7. The molecule has 0 aliphatic carbocycles. The molecular formula is C26H18F7N3O2. The molecule has 0 atom stereocenters. The van der Waals surface area contributed by atoms with E-state index in [1.807, 2.05) is 0 Å². The van der Waals surface area contributed by atoms with Gasteiger partial charge in [-0.05, 0) is 43.7 Å². The summed E-state index contributed by atoms with van der Waals surface area (Å²) in [5, 5.41) is 6.68. The average molecular weight is 537 g/mol. The third kappa shape index (κ3) is 5.20. The van der Waals surface area contributed by atoms with Crippen LogP contribution in [-0.4, -0.2) is 15.7 Å². The number of hydrogen-bond acceptors (Lipinski definition) is 3. The summed E-state index contributed by atoms with van der Waals surface area (Å²) in [4.78, 5) is 12.9. The van der Waals surface area contributed by atoms with E-state index in [4.69, 9.17) is 4.74 Å². The molecule has 0 aliphatic rings. The maximum absolute atomic E-state index is 14.1. The Hall–Kier alpha value is -4.35. The molecule has 0 saturated heterocycles. The lowest BCUT2D eigenvalue weighted by Crippen LogP contribution is -2.15. The molecule has 1 N–H and O–H groups in total. The van der Waals surface area contributed by atoms with Crippen LogP contribution < -0.4 is 10.1 Å². The molecule has 1 amide bonds. The van der Waals surface area contributed by atoms with Crippen molar-refractivity contribution in [1.29, 1.82) is 0 Å². The predicted octanol–water partition coefficient (Wildman–Crippen LogP) is 6.35. The van der Waals surface area contributed by atoms with Crippen LogP contribution in [0, 0.1) is 54.6 Å². The standard InChI is InChI=1S/C26H18F7N3O2/c1-12-25(13(2)36(35-12)10-17-20(29)22(31)24(33)23(32)21(17)30)34-26(37)15-5-3-4-14(8-15)11-38-19-7-6-16(27)9-18(19)28/h3-9H,10-11H2,1-2H3,(H,34,37). The van der Waals surface area contributed by atoms with Gasteiger partial charge in [0.25, 0.3) is 5.91 Å². The first kappa shape index (κ1) is 26.7. The van der Waals surface area contributed by atoms with Crippen molar-refractivity contribution >= 4 is 11.6 Å². The lowest BCUT2D eigenvalue weighted by atomic mass is 10.1. The SMILES string of the molecule is Cc1nn(Cc2c(F)c(F)c(F)c(F)c2F)c(C)c1NC(=O)c1cccc(COc2ccc(F)cc2F)c1. The number of benzene rings is 3. The summed E-state index contributed by atoms with van der Waals surface area (Å²) < 4.78 is 102. The zero-order valence-electron chi connectivity index (χ0n) is 19.8. The minimum atomic E-state index is -2.26. The van der Waals surface area contributed by atoms with Crippen molar-refractivity contribution in [2.75, 3.05) is 5.32 Å². The number of aromatic nitrogens is 2. The van der Waals surface area contributed by atoms with Crippen LogP contribution in [0.5, 0.6) is 5.75 Å². The molecule has 38 heavy (non-hydrogen) atoms. The monoisotopic (exact) mass is 537 g/mol. The molecule has 0 fully saturated rings. The summed E-state index contributed by atoms with van der Waals surface area (Å²) >= 11 is 0. The molecule has 5 nitrogen and oxygen atoms in total. The van der Waals surface area contributed by atoms with Crippen LogP contribution in [0.15, 0.2) is 42.5 Å². The molecule has 1 aromatic heterocycles. The molecule has 0 unspecified atom stereocenters. The van der Waals surface area contributed by atoms with Crippen LogP contribution >= 0.6 is 0 Å². The highest BCUT2D eigenvalue weighted by atomic mass is 19.2. The van der Waals surface area contributed by atoms with E-state index in [9.17, 15) is 35.5 Å². The van der Waals surface area contributed by atoms with Gasteiger partial charge in [0.2, 0.25) is 5.82 Å². The van der Waals surface area contributed by atoms with E-state index in [1.54, 1.807) is 12.1 Å². The van der Waals surface area contributed by atoms with Crippen molar-refractivity contribution in [1.82, 2.24) is 9.78 Å². The average Bonchev–Trinajstić information content (AvgIpc) is 3.15. The molecular weight excluding hydrogens is 519 g/mol. The largest absolute Gasteiger partial charge is 0.486 e. The van der Waals surface area contributed by atoms with Gasteiger partial charge >= 0.3 is 0 Å². The second kappa shape index (κ2) is 10.6. The van der Waals surface area contributed by atoms with Crippen LogP contribution in [0.1, 0.15) is 32.9 Å². The Morgan fingerprint density at radius 1 is 0.895 bits per heavy atom. The quantitative estimate of drug-likeness (QED) is 0.170. The molecule has 3 aromatic carbocycles. The number of anilines is 1. The number of halogens is 7. The zero-order valence-corrected chi connectivity index (χ0v) is 19.8. The highest BCUT2D eigenvalue weighted by Crippen LogP contribution is 2.27. The van der Waals surface area contributed by atoms with Gasteiger partial charge in [0.1, 0.15) is 12.4 Å². The smallest absolute Gasteiger partial charge is 0.255 e. The highest BCUT2D eigenvalue weighted by molar-refractivity contribution is 6.05. The molecule has 0 radical (unpaired) electrons. The minimum absolute atomic E-state index is 0.123. The fraction of sp³-hybridized carbons (Fsp3) is 0.154. The Kier molecular flexibility index (Phi) is 7.42. The van der Waals surface area contributed by atoms with Gasteiger partial charge in [-0.2, -0.15) is 5.10 Å². The molecule has 0 spiro atoms. The molecule has 4 aromatic rings. The van der Waals surface area contributed by atoms with E-state index in [2.05, 4.69) is 10.4 Å². The Balaban J connectivity index is 1.52. The van der Waals surface area contributed by atoms with E-state index in [0.717, 1.165) is 16.8 Å². The summed E-state index contributed by atoms with van der Waals surface area (Å²) in [6, 6.07) is 8.99. The van der Waals surface area contributed by atoms with Gasteiger partial charge in [-0.15, -0.1) is 0 Å². The molecule has 0 aliphatic heterocycles. The summed E-state index contributed by atoms with van der Waals surface area (Å²) in [6.07, 6.45) is 0. The van der Waals surface area contributed by atoms with Crippen molar-refractivity contribution in [3.63, 3.8) is 0 Å². The third-order valence-electron chi connectivity index (χ3n) is 5.71. The van der Waals surface area contributed by atoms with E-state index in [1.165, 1.54) is 26.0 Å². The summed E-state index contributed by atoms with van der Waals surface area (Å²) in [5.41, 5.74) is 0.204. The van der Waals surface area contributed by atoms with E-state index >= 15 is 0 Å². The number of nitrogens with zero attached hydrogens (tertiary/aromatic N) is 2. The number of carbonyl (C=O) groups is 1. The summed E-state index contributed by atoms with van der Waals surface area (Å²) in [7, 11) is 0. The third-order valence-corrected chi connectivity index (χ3v) is 5.71. The number of amides is 1. The van der Waals surface area contributed by atoms with Gasteiger partial charge in [-0.25, -0.2) is 30.7 Å². The van der Waals surface area contributed by atoms with Crippen molar-refractivity contribution in [2.24, 2.45) is 0 Å². The second-order valence-electron chi connectivity index (χ2n) is 8.27. The number of hydrogen-bond donors (Lipinski definition) is 1. The van der Waals surface area contributed by atoms with E-state index in [-0.39, 0.29) is 35.0 Å². The van der Waals surface area contributed by atoms with Gasteiger partial charge in [0, 0.05) is 11.6 Å². The number of carbonyl (C=O) groups excluding carboxylic acids is 1. The number of ether oxygens (including phenoxy) is 1. The van der Waals surface area contributed by atoms with Crippen molar-refractivity contribution in [2.45, 2.75) is 27.0 Å². The molecule has 1 heterocycles. The van der Waals surface area contributed by atoms with E-state index < -0.39 is 58.7 Å². The molecule has 0 saturated carbocycles.